The number of esters is 1. The number of ether oxygens (including phenoxy) is 2. The van der Waals surface area contributed by atoms with Crippen molar-refractivity contribution in [2.45, 2.75) is 6.61 Å². The molecule has 2 aromatic carbocycles. The molecule has 0 aliphatic carbocycles. The Kier molecular flexibility index (Phi) is 5.09. The molecule has 2 aromatic rings. The van der Waals surface area contributed by atoms with Crippen LogP contribution in [0.25, 0.3) is 0 Å². The number of anilines is 1. The van der Waals surface area contributed by atoms with E-state index in [2.05, 4.69) is 15.9 Å². The molecule has 110 valence electrons. The van der Waals surface area contributed by atoms with Gasteiger partial charge in [0.25, 0.3) is 0 Å². The van der Waals surface area contributed by atoms with E-state index in [1.54, 1.807) is 25.3 Å². The van der Waals surface area contributed by atoms with Crippen LogP contribution in [0, 0.1) is 0 Å². The Hall–Kier alpha value is -1.72. The SMILES string of the molecule is COc1ccc(Br)cc1COC(=O)c1ccc(Cl)c(N)c1. The first kappa shape index (κ1) is 15.7. The molecular formula is C15H13BrClNO3. The fourth-order valence-corrected chi connectivity index (χ4v) is 2.28. The number of nitrogen functional groups attached to an aromatic ring is 1. The second kappa shape index (κ2) is 6.83. The monoisotopic (exact) mass is 369 g/mol. The third kappa shape index (κ3) is 3.89. The molecule has 0 unspecified atom stereocenters. The smallest absolute Gasteiger partial charge is 0.338 e. The van der Waals surface area contributed by atoms with E-state index in [0.29, 0.717) is 22.0 Å². The standard InChI is InChI=1S/C15H13BrClNO3/c1-20-14-5-3-11(16)6-10(14)8-21-15(19)9-2-4-12(17)13(18)7-9/h2-7H,8,18H2,1H3. The van der Waals surface area contributed by atoms with Crippen LogP contribution in [0.15, 0.2) is 40.9 Å². The van der Waals surface area contributed by atoms with Crippen LogP contribution in [0.5, 0.6) is 5.75 Å². The van der Waals surface area contributed by atoms with E-state index in [1.165, 1.54) is 6.07 Å². The number of hydrogen-bond donors (Lipinski definition) is 1. The molecule has 4 nitrogen and oxygen atoms in total. The molecule has 0 aromatic heterocycles. The highest BCUT2D eigenvalue weighted by molar-refractivity contribution is 9.10. The molecule has 0 fully saturated rings. The van der Waals surface area contributed by atoms with Crippen molar-refractivity contribution < 1.29 is 14.3 Å². The lowest BCUT2D eigenvalue weighted by Crippen LogP contribution is -2.06. The van der Waals surface area contributed by atoms with Gasteiger partial charge in [-0.25, -0.2) is 4.79 Å². The van der Waals surface area contributed by atoms with Crippen LogP contribution in [0.2, 0.25) is 5.02 Å². The zero-order valence-electron chi connectivity index (χ0n) is 11.2. The van der Waals surface area contributed by atoms with E-state index < -0.39 is 5.97 Å². The van der Waals surface area contributed by atoms with Crippen LogP contribution in [0.4, 0.5) is 5.69 Å². The Morgan fingerprint density at radius 2 is 2.05 bits per heavy atom. The van der Waals surface area contributed by atoms with Crippen LogP contribution < -0.4 is 10.5 Å². The molecule has 2 N–H and O–H groups in total. The Bertz CT molecular complexity index is 676. The highest BCUT2D eigenvalue weighted by Crippen LogP contribution is 2.24. The van der Waals surface area contributed by atoms with E-state index in [4.69, 9.17) is 26.8 Å². The van der Waals surface area contributed by atoms with Gasteiger partial charge in [0.05, 0.1) is 23.4 Å². The second-order valence-electron chi connectivity index (χ2n) is 4.27. The minimum absolute atomic E-state index is 0.101. The normalized spacial score (nSPS) is 10.2. The summed E-state index contributed by atoms with van der Waals surface area (Å²) in [4.78, 5) is 12.0. The van der Waals surface area contributed by atoms with Crippen LogP contribution in [0.3, 0.4) is 0 Å². The van der Waals surface area contributed by atoms with Gasteiger partial charge in [-0.1, -0.05) is 27.5 Å². The summed E-state index contributed by atoms with van der Waals surface area (Å²) in [5.74, 6) is 0.182. The van der Waals surface area contributed by atoms with E-state index >= 15 is 0 Å². The van der Waals surface area contributed by atoms with Crippen molar-refractivity contribution in [1.82, 2.24) is 0 Å². The number of carbonyl (C=O) groups is 1. The fourth-order valence-electron chi connectivity index (χ4n) is 1.76. The Morgan fingerprint density at radius 3 is 2.71 bits per heavy atom. The summed E-state index contributed by atoms with van der Waals surface area (Å²) >= 11 is 9.18. The van der Waals surface area contributed by atoms with Crippen molar-refractivity contribution in [2.75, 3.05) is 12.8 Å². The van der Waals surface area contributed by atoms with Gasteiger partial charge in [0.1, 0.15) is 12.4 Å². The maximum absolute atomic E-state index is 12.0. The molecular weight excluding hydrogens is 358 g/mol. The predicted molar refractivity (Wildman–Crippen MR) is 85.7 cm³/mol. The van der Waals surface area contributed by atoms with Gasteiger partial charge in [0, 0.05) is 10.0 Å². The van der Waals surface area contributed by atoms with E-state index in [9.17, 15) is 4.79 Å². The van der Waals surface area contributed by atoms with Crippen LogP contribution in [-0.2, 0) is 11.3 Å². The highest BCUT2D eigenvalue weighted by Gasteiger charge is 2.11. The van der Waals surface area contributed by atoms with Crippen LogP contribution in [-0.4, -0.2) is 13.1 Å². The number of rotatable bonds is 4. The summed E-state index contributed by atoms with van der Waals surface area (Å²) < 4.78 is 11.4. The quantitative estimate of drug-likeness (QED) is 0.651. The Balaban J connectivity index is 2.10. The van der Waals surface area contributed by atoms with Gasteiger partial charge >= 0.3 is 5.97 Å². The maximum Gasteiger partial charge on any atom is 0.338 e. The van der Waals surface area contributed by atoms with Gasteiger partial charge < -0.3 is 15.2 Å². The summed E-state index contributed by atoms with van der Waals surface area (Å²) in [7, 11) is 1.56. The van der Waals surface area contributed by atoms with Crippen LogP contribution in [0.1, 0.15) is 15.9 Å². The first-order chi connectivity index (χ1) is 10.0. The molecule has 0 atom stereocenters. The average Bonchev–Trinajstić information content (AvgIpc) is 2.47. The third-order valence-corrected chi connectivity index (χ3v) is 3.67. The predicted octanol–water partition coefficient (Wildman–Crippen LogP) is 4.05. The van der Waals surface area contributed by atoms with Crippen molar-refractivity contribution >= 4 is 39.2 Å². The van der Waals surface area contributed by atoms with Crippen molar-refractivity contribution in [3.8, 4) is 5.75 Å². The number of nitrogens with two attached hydrogens (primary N) is 1. The van der Waals surface area contributed by atoms with Crippen molar-refractivity contribution in [1.29, 1.82) is 0 Å². The van der Waals surface area contributed by atoms with Gasteiger partial charge in [0.2, 0.25) is 0 Å². The minimum atomic E-state index is -0.472. The molecule has 0 spiro atoms. The van der Waals surface area contributed by atoms with Gasteiger partial charge in [0.15, 0.2) is 0 Å². The summed E-state index contributed by atoms with van der Waals surface area (Å²) in [6, 6.07) is 10.1. The lowest BCUT2D eigenvalue weighted by Gasteiger charge is -2.10. The number of halogens is 2. The zero-order valence-corrected chi connectivity index (χ0v) is 13.6. The Labute approximate surface area is 135 Å². The second-order valence-corrected chi connectivity index (χ2v) is 5.59. The fraction of sp³-hybridized carbons (Fsp3) is 0.133. The summed E-state index contributed by atoms with van der Waals surface area (Å²) in [5, 5.41) is 0.403. The van der Waals surface area contributed by atoms with Gasteiger partial charge in [-0.05, 0) is 36.4 Å². The van der Waals surface area contributed by atoms with Crippen molar-refractivity contribution in [2.24, 2.45) is 0 Å². The molecule has 0 heterocycles. The first-order valence-electron chi connectivity index (χ1n) is 6.06. The molecule has 0 aliphatic rings. The lowest BCUT2D eigenvalue weighted by molar-refractivity contribution is 0.0470. The first-order valence-corrected chi connectivity index (χ1v) is 7.23. The molecule has 0 radical (unpaired) electrons. The lowest BCUT2D eigenvalue weighted by atomic mass is 10.2. The van der Waals surface area contributed by atoms with Crippen molar-refractivity contribution in [3.05, 3.63) is 57.0 Å². The van der Waals surface area contributed by atoms with Crippen molar-refractivity contribution in [3.63, 3.8) is 0 Å². The molecule has 0 bridgehead atoms. The molecule has 0 amide bonds. The summed E-state index contributed by atoms with van der Waals surface area (Å²) in [6.45, 7) is 0.101. The largest absolute Gasteiger partial charge is 0.496 e. The summed E-state index contributed by atoms with van der Waals surface area (Å²) in [5.41, 5.74) is 7.12. The molecule has 21 heavy (non-hydrogen) atoms. The molecule has 2 rings (SSSR count). The number of carbonyl (C=O) groups excluding carboxylic acids is 1. The molecule has 0 aliphatic heterocycles. The van der Waals surface area contributed by atoms with E-state index in [0.717, 1.165) is 10.0 Å². The molecule has 0 saturated heterocycles. The molecule has 0 saturated carbocycles. The zero-order chi connectivity index (χ0) is 15.4. The maximum atomic E-state index is 12.0. The molecule has 6 heteroatoms. The number of methoxy groups -OCH3 is 1. The Morgan fingerprint density at radius 1 is 1.29 bits per heavy atom. The minimum Gasteiger partial charge on any atom is -0.496 e. The van der Waals surface area contributed by atoms with Gasteiger partial charge in [-0.3, -0.25) is 0 Å². The highest BCUT2D eigenvalue weighted by atomic mass is 79.9. The van der Waals surface area contributed by atoms with Gasteiger partial charge in [-0.15, -0.1) is 0 Å². The average molecular weight is 371 g/mol. The van der Waals surface area contributed by atoms with Gasteiger partial charge in [-0.2, -0.15) is 0 Å². The number of benzene rings is 2. The van der Waals surface area contributed by atoms with E-state index in [1.807, 2.05) is 12.1 Å². The number of hydrogen-bond acceptors (Lipinski definition) is 4. The topological polar surface area (TPSA) is 61.5 Å². The van der Waals surface area contributed by atoms with Crippen LogP contribution >= 0.6 is 27.5 Å². The third-order valence-electron chi connectivity index (χ3n) is 2.83. The summed E-state index contributed by atoms with van der Waals surface area (Å²) in [6.07, 6.45) is 0. The van der Waals surface area contributed by atoms with E-state index in [-0.39, 0.29) is 6.61 Å².